The third-order valence-electron chi connectivity index (χ3n) is 3.39. The van der Waals surface area contributed by atoms with E-state index in [4.69, 9.17) is 16.7 Å². The van der Waals surface area contributed by atoms with Crippen molar-refractivity contribution >= 4 is 23.3 Å². The molecule has 0 fully saturated rings. The number of nitrogens with zero attached hydrogens (tertiary/aromatic N) is 1. The van der Waals surface area contributed by atoms with Crippen LogP contribution in [-0.2, 0) is 0 Å². The van der Waals surface area contributed by atoms with Crippen LogP contribution in [0.5, 0.6) is 0 Å². The Labute approximate surface area is 145 Å². The Balaban J connectivity index is 2.15. The first-order chi connectivity index (χ1) is 11.5. The lowest BCUT2D eigenvalue weighted by Crippen LogP contribution is -2.34. The van der Waals surface area contributed by atoms with Crippen molar-refractivity contribution < 1.29 is 9.90 Å². The molecule has 2 aromatic rings. The molecule has 0 radical (unpaired) electrons. The number of benzene rings is 2. The number of anilines is 1. The normalized spacial score (nSPS) is 12.8. The van der Waals surface area contributed by atoms with E-state index in [1.165, 1.54) is 0 Å². The minimum Gasteiger partial charge on any atom is -0.392 e. The lowest BCUT2D eigenvalue weighted by molar-refractivity contribution is 0.190. The molecule has 3 N–H and O–H groups in total. The number of aliphatic hydroxyl groups is 1. The average molecular weight is 344 g/mol. The first-order valence-electron chi connectivity index (χ1n) is 7.48. The molecule has 2 amide bonds. The van der Waals surface area contributed by atoms with Gasteiger partial charge in [-0.1, -0.05) is 48.0 Å². The molecule has 0 bridgehead atoms. The van der Waals surface area contributed by atoms with Gasteiger partial charge in [-0.05, 0) is 30.2 Å². The summed E-state index contributed by atoms with van der Waals surface area (Å²) in [6.45, 7) is 1.74. The van der Waals surface area contributed by atoms with Gasteiger partial charge in [-0.25, -0.2) is 4.79 Å². The van der Waals surface area contributed by atoms with Gasteiger partial charge in [-0.15, -0.1) is 0 Å². The highest BCUT2D eigenvalue weighted by Crippen LogP contribution is 2.31. The SMILES string of the molecule is C[C@@H](O)CNC(=O)Nc1ccc([C@H](C#N)c2ccccc2)c(Cl)c1. The molecule has 0 unspecified atom stereocenters. The molecule has 0 saturated carbocycles. The minimum absolute atomic E-state index is 0.155. The topological polar surface area (TPSA) is 85.2 Å². The number of hydrogen-bond donors (Lipinski definition) is 3. The van der Waals surface area contributed by atoms with Gasteiger partial charge in [-0.3, -0.25) is 0 Å². The Hall–Kier alpha value is -2.55. The summed E-state index contributed by atoms with van der Waals surface area (Å²) in [6.07, 6.45) is -0.621. The summed E-state index contributed by atoms with van der Waals surface area (Å²) in [5.74, 6) is -0.475. The van der Waals surface area contributed by atoms with Crippen molar-refractivity contribution in [3.05, 3.63) is 64.7 Å². The maximum atomic E-state index is 11.7. The fourth-order valence-corrected chi connectivity index (χ4v) is 2.51. The van der Waals surface area contributed by atoms with Gasteiger partial charge in [0.1, 0.15) is 0 Å². The largest absolute Gasteiger partial charge is 0.392 e. The second kappa shape index (κ2) is 8.34. The second-order valence-corrected chi connectivity index (χ2v) is 5.80. The van der Waals surface area contributed by atoms with Crippen LogP contribution in [0.2, 0.25) is 5.02 Å². The molecule has 24 heavy (non-hydrogen) atoms. The number of halogens is 1. The highest BCUT2D eigenvalue weighted by Gasteiger charge is 2.17. The molecule has 2 aromatic carbocycles. The van der Waals surface area contributed by atoms with Crippen LogP contribution in [0.4, 0.5) is 10.5 Å². The number of urea groups is 1. The number of nitrogens with one attached hydrogen (secondary N) is 2. The summed E-state index contributed by atoms with van der Waals surface area (Å²) in [7, 11) is 0. The molecule has 5 nitrogen and oxygen atoms in total. The lowest BCUT2D eigenvalue weighted by Gasteiger charge is -2.14. The lowest BCUT2D eigenvalue weighted by atomic mass is 9.92. The summed E-state index contributed by atoms with van der Waals surface area (Å²) in [4.78, 5) is 11.7. The van der Waals surface area contributed by atoms with Crippen molar-refractivity contribution in [2.45, 2.75) is 18.9 Å². The van der Waals surface area contributed by atoms with Crippen LogP contribution in [0.15, 0.2) is 48.5 Å². The van der Waals surface area contributed by atoms with Crippen LogP contribution in [0.3, 0.4) is 0 Å². The maximum absolute atomic E-state index is 11.7. The van der Waals surface area contributed by atoms with Crippen molar-refractivity contribution in [3.8, 4) is 6.07 Å². The van der Waals surface area contributed by atoms with E-state index < -0.39 is 18.1 Å². The average Bonchev–Trinajstić information content (AvgIpc) is 2.56. The van der Waals surface area contributed by atoms with Crippen molar-refractivity contribution in [2.24, 2.45) is 0 Å². The zero-order chi connectivity index (χ0) is 17.5. The number of rotatable bonds is 5. The number of aliphatic hydroxyl groups excluding tert-OH is 1. The van der Waals surface area contributed by atoms with Crippen LogP contribution in [0.25, 0.3) is 0 Å². The molecule has 0 saturated heterocycles. The Morgan fingerprint density at radius 1 is 1.29 bits per heavy atom. The van der Waals surface area contributed by atoms with Crippen LogP contribution >= 0.6 is 11.6 Å². The Bertz CT molecular complexity index is 742. The van der Waals surface area contributed by atoms with Crippen molar-refractivity contribution in [3.63, 3.8) is 0 Å². The van der Waals surface area contributed by atoms with E-state index in [0.29, 0.717) is 16.3 Å². The zero-order valence-corrected chi connectivity index (χ0v) is 13.9. The smallest absolute Gasteiger partial charge is 0.319 e. The third kappa shape index (κ3) is 4.72. The van der Waals surface area contributed by atoms with Crippen molar-refractivity contribution in [1.82, 2.24) is 5.32 Å². The van der Waals surface area contributed by atoms with E-state index in [1.54, 1.807) is 25.1 Å². The molecule has 2 rings (SSSR count). The Morgan fingerprint density at radius 3 is 2.58 bits per heavy atom. The molecule has 0 aliphatic heterocycles. The second-order valence-electron chi connectivity index (χ2n) is 5.39. The standard InChI is InChI=1S/C18H18ClN3O2/c1-12(23)11-21-18(24)22-14-7-8-15(17(19)9-14)16(10-20)13-5-3-2-4-6-13/h2-9,12,16,23H,11H2,1H3,(H2,21,22,24)/t12-,16-/m1/s1. The van der Waals surface area contributed by atoms with Gasteiger partial charge in [-0.2, -0.15) is 5.26 Å². The van der Waals surface area contributed by atoms with Crippen molar-refractivity contribution in [1.29, 1.82) is 5.26 Å². The van der Waals surface area contributed by atoms with E-state index in [-0.39, 0.29) is 6.54 Å². The zero-order valence-electron chi connectivity index (χ0n) is 13.2. The third-order valence-corrected chi connectivity index (χ3v) is 3.72. The van der Waals surface area contributed by atoms with Crippen LogP contribution < -0.4 is 10.6 Å². The molecular weight excluding hydrogens is 326 g/mol. The molecule has 0 aliphatic rings. The predicted octanol–water partition coefficient (Wildman–Crippen LogP) is 3.50. The molecule has 6 heteroatoms. The summed E-state index contributed by atoms with van der Waals surface area (Å²) >= 11 is 6.30. The fourth-order valence-electron chi connectivity index (χ4n) is 2.22. The first kappa shape index (κ1) is 17.8. The van der Waals surface area contributed by atoms with Gasteiger partial charge < -0.3 is 15.7 Å². The number of carbonyl (C=O) groups is 1. The van der Waals surface area contributed by atoms with Crippen LogP contribution in [0, 0.1) is 11.3 Å². The van der Waals surface area contributed by atoms with E-state index in [0.717, 1.165) is 5.56 Å². The van der Waals surface area contributed by atoms with E-state index in [2.05, 4.69) is 16.7 Å². The molecule has 0 aromatic heterocycles. The highest BCUT2D eigenvalue weighted by atomic mass is 35.5. The van der Waals surface area contributed by atoms with E-state index in [1.807, 2.05) is 30.3 Å². The predicted molar refractivity (Wildman–Crippen MR) is 94.1 cm³/mol. The van der Waals surface area contributed by atoms with Gasteiger partial charge in [0.25, 0.3) is 0 Å². The quantitative estimate of drug-likeness (QED) is 0.776. The van der Waals surface area contributed by atoms with Gasteiger partial charge in [0, 0.05) is 17.3 Å². The van der Waals surface area contributed by atoms with E-state index >= 15 is 0 Å². The minimum atomic E-state index is -0.621. The molecule has 0 spiro atoms. The van der Waals surface area contributed by atoms with Crippen molar-refractivity contribution in [2.75, 3.05) is 11.9 Å². The van der Waals surface area contributed by atoms with Crippen LogP contribution in [-0.4, -0.2) is 23.8 Å². The number of nitriles is 1. The summed E-state index contributed by atoms with van der Waals surface area (Å²) in [5, 5.41) is 24.2. The Morgan fingerprint density at radius 2 is 2.00 bits per heavy atom. The molecule has 0 heterocycles. The molecule has 0 aliphatic carbocycles. The van der Waals surface area contributed by atoms with E-state index in [9.17, 15) is 10.1 Å². The number of carbonyl (C=O) groups excluding carboxylic acids is 1. The summed E-state index contributed by atoms with van der Waals surface area (Å²) in [6, 6.07) is 16.2. The molecule has 124 valence electrons. The Kier molecular flexibility index (Phi) is 6.19. The monoisotopic (exact) mass is 343 g/mol. The van der Waals surface area contributed by atoms with Gasteiger partial charge in [0.15, 0.2) is 0 Å². The van der Waals surface area contributed by atoms with Gasteiger partial charge >= 0.3 is 6.03 Å². The summed E-state index contributed by atoms with van der Waals surface area (Å²) < 4.78 is 0. The molecule has 2 atom stereocenters. The molecular formula is C18H18ClN3O2. The fraction of sp³-hybridized carbons (Fsp3) is 0.222. The van der Waals surface area contributed by atoms with Gasteiger partial charge in [0.2, 0.25) is 0 Å². The maximum Gasteiger partial charge on any atom is 0.319 e. The highest BCUT2D eigenvalue weighted by molar-refractivity contribution is 6.31. The number of amides is 2. The van der Waals surface area contributed by atoms with Crippen LogP contribution in [0.1, 0.15) is 24.0 Å². The summed E-state index contributed by atoms with van der Waals surface area (Å²) in [5.41, 5.74) is 2.05. The first-order valence-corrected chi connectivity index (χ1v) is 7.86. The number of hydrogen-bond acceptors (Lipinski definition) is 3. The van der Waals surface area contributed by atoms with Gasteiger partial charge in [0.05, 0.1) is 18.1 Å².